The third-order valence-electron chi connectivity index (χ3n) is 4.66. The molecule has 0 saturated carbocycles. The van der Waals surface area contributed by atoms with Gasteiger partial charge in [-0.25, -0.2) is 15.3 Å². The van der Waals surface area contributed by atoms with Crippen molar-refractivity contribution in [1.29, 1.82) is 5.41 Å². The number of aliphatic carboxylic acids is 1. The molecule has 39 heavy (non-hydrogen) atoms. The molecule has 1 amide bonds. The number of carboxylic acid groups (broad SMARTS) is 1. The van der Waals surface area contributed by atoms with Crippen LogP contribution in [0.15, 0.2) is 29.2 Å². The Morgan fingerprint density at radius 3 is 2.38 bits per heavy atom. The second kappa shape index (κ2) is 15.7. The molecular weight excluding hydrogens is 531 g/mol. The van der Waals surface area contributed by atoms with Gasteiger partial charge in [-0.2, -0.15) is 13.2 Å². The van der Waals surface area contributed by atoms with Crippen molar-refractivity contribution in [3.05, 3.63) is 46.0 Å². The van der Waals surface area contributed by atoms with Crippen molar-refractivity contribution in [3.8, 4) is 11.5 Å². The highest BCUT2D eigenvalue weighted by atomic mass is 19.4. The highest BCUT2D eigenvalue weighted by Crippen LogP contribution is 2.27. The zero-order valence-electron chi connectivity index (χ0n) is 21.3. The first-order valence-corrected chi connectivity index (χ1v) is 11.1. The Morgan fingerprint density at radius 1 is 1.18 bits per heavy atom. The lowest BCUT2D eigenvalue weighted by Gasteiger charge is -2.13. The van der Waals surface area contributed by atoms with Crippen LogP contribution in [-0.2, 0) is 27.4 Å². The van der Waals surface area contributed by atoms with Gasteiger partial charge in [0.15, 0.2) is 17.3 Å². The van der Waals surface area contributed by atoms with Gasteiger partial charge in [0.05, 0.1) is 20.8 Å². The van der Waals surface area contributed by atoms with E-state index in [1.807, 2.05) is 18.2 Å². The predicted octanol–water partition coefficient (Wildman–Crippen LogP) is 0.388. The second-order valence-corrected chi connectivity index (χ2v) is 7.52. The minimum Gasteiger partial charge on any atom is -0.493 e. The zero-order valence-corrected chi connectivity index (χ0v) is 21.3. The molecule has 1 aromatic carbocycles. The number of nitrogens with one attached hydrogen (secondary N) is 4. The normalized spacial score (nSPS) is 10.5. The van der Waals surface area contributed by atoms with E-state index in [0.717, 1.165) is 5.56 Å². The first-order valence-electron chi connectivity index (χ1n) is 11.1. The molecule has 0 bridgehead atoms. The molecule has 0 fully saturated rings. The van der Waals surface area contributed by atoms with Crippen LogP contribution in [0.5, 0.6) is 11.5 Å². The van der Waals surface area contributed by atoms with Crippen molar-refractivity contribution < 1.29 is 42.2 Å². The van der Waals surface area contributed by atoms with Crippen LogP contribution in [0.2, 0.25) is 0 Å². The standard InChI is InChI=1S/C20H29N7O5.C2HF3O2/c1-13-11-25-18(24-7-6-14-4-5-15(30-2)16(10-14)31-3)19(29)27(13)12-17(28)23-8-9-32-26-20(21)22;3-2(4,5)1(6)7/h4-5,10-11H,6-9,12H2,1-3H3,(H,23,28)(H,24,25)(H4,21,22,26);(H,6,7). The second-order valence-electron chi connectivity index (χ2n) is 7.52. The number of nitrogens with two attached hydrogens (primary N) is 1. The molecule has 0 aliphatic carbocycles. The number of nitrogens with zero attached hydrogens (tertiary/aromatic N) is 2. The monoisotopic (exact) mass is 561 g/mol. The van der Waals surface area contributed by atoms with E-state index in [9.17, 15) is 22.8 Å². The lowest BCUT2D eigenvalue weighted by molar-refractivity contribution is -0.192. The Bertz CT molecular complexity index is 1190. The number of benzene rings is 1. The molecule has 17 heteroatoms. The van der Waals surface area contributed by atoms with E-state index in [-0.39, 0.29) is 42.9 Å². The zero-order chi connectivity index (χ0) is 29.6. The lowest BCUT2D eigenvalue weighted by Crippen LogP contribution is -2.37. The Balaban J connectivity index is 0.000000956. The van der Waals surface area contributed by atoms with Crippen LogP contribution < -0.4 is 36.9 Å². The fraction of sp³-hybridized carbons (Fsp3) is 0.409. The van der Waals surface area contributed by atoms with Crippen LogP contribution in [0.3, 0.4) is 0 Å². The fourth-order valence-electron chi connectivity index (χ4n) is 2.82. The van der Waals surface area contributed by atoms with Crippen LogP contribution in [0.1, 0.15) is 11.3 Å². The van der Waals surface area contributed by atoms with Gasteiger partial charge in [-0.05, 0) is 31.0 Å². The number of halogens is 3. The van der Waals surface area contributed by atoms with E-state index in [0.29, 0.717) is 30.2 Å². The molecule has 0 aliphatic rings. The average Bonchev–Trinajstić information content (AvgIpc) is 2.87. The minimum absolute atomic E-state index is 0.110. The number of anilines is 1. The van der Waals surface area contributed by atoms with Gasteiger partial charge in [-0.1, -0.05) is 6.07 Å². The molecular formula is C22H30F3N7O7. The number of aryl methyl sites for hydroxylation is 1. The summed E-state index contributed by atoms with van der Waals surface area (Å²) in [5.41, 5.74) is 8.42. The number of carboxylic acids is 1. The van der Waals surface area contributed by atoms with Crippen LogP contribution >= 0.6 is 0 Å². The molecule has 0 aliphatic heterocycles. The molecule has 216 valence electrons. The number of alkyl halides is 3. The third kappa shape index (κ3) is 11.6. The van der Waals surface area contributed by atoms with Crippen LogP contribution in [0.4, 0.5) is 19.0 Å². The maximum atomic E-state index is 12.8. The topological polar surface area (TPSA) is 203 Å². The van der Waals surface area contributed by atoms with Crippen LogP contribution in [0, 0.1) is 12.3 Å². The molecule has 1 heterocycles. The number of amides is 1. The van der Waals surface area contributed by atoms with Crippen LogP contribution in [0.25, 0.3) is 0 Å². The van der Waals surface area contributed by atoms with Gasteiger partial charge in [0.1, 0.15) is 6.54 Å². The molecule has 14 nitrogen and oxygen atoms in total. The Hall–Kier alpha value is -4.54. The number of ether oxygens (including phenoxy) is 2. The minimum atomic E-state index is -5.08. The van der Waals surface area contributed by atoms with Crippen molar-refractivity contribution in [2.45, 2.75) is 26.1 Å². The summed E-state index contributed by atoms with van der Waals surface area (Å²) in [6.07, 6.45) is -2.92. The van der Waals surface area contributed by atoms with E-state index >= 15 is 0 Å². The van der Waals surface area contributed by atoms with Gasteiger partial charge in [-0.3, -0.25) is 24.4 Å². The molecule has 0 unspecified atom stereocenters. The van der Waals surface area contributed by atoms with Crippen molar-refractivity contribution in [1.82, 2.24) is 20.3 Å². The molecule has 0 spiro atoms. The summed E-state index contributed by atoms with van der Waals surface area (Å²) in [6, 6.07) is 5.62. The number of rotatable bonds is 12. The first kappa shape index (κ1) is 32.5. The summed E-state index contributed by atoms with van der Waals surface area (Å²) in [7, 11) is 3.15. The summed E-state index contributed by atoms with van der Waals surface area (Å²) in [6.45, 7) is 2.31. The fourth-order valence-corrected chi connectivity index (χ4v) is 2.82. The van der Waals surface area contributed by atoms with Gasteiger partial charge >= 0.3 is 12.1 Å². The van der Waals surface area contributed by atoms with E-state index in [1.54, 1.807) is 21.1 Å². The van der Waals surface area contributed by atoms with E-state index in [2.05, 4.69) is 21.1 Å². The number of aromatic nitrogens is 2. The highest BCUT2D eigenvalue weighted by Gasteiger charge is 2.38. The Morgan fingerprint density at radius 2 is 1.82 bits per heavy atom. The number of carbonyl (C=O) groups excluding carboxylic acids is 1. The molecule has 2 aromatic rings. The number of methoxy groups -OCH3 is 2. The van der Waals surface area contributed by atoms with Gasteiger partial charge in [0.2, 0.25) is 11.9 Å². The molecule has 7 N–H and O–H groups in total. The van der Waals surface area contributed by atoms with Gasteiger partial charge < -0.3 is 30.9 Å². The number of hydrogen-bond acceptors (Lipinski definition) is 9. The molecule has 0 radical (unpaired) electrons. The third-order valence-corrected chi connectivity index (χ3v) is 4.66. The van der Waals surface area contributed by atoms with Crippen LogP contribution in [-0.4, -0.2) is 72.6 Å². The first-order chi connectivity index (χ1) is 18.3. The Labute approximate surface area is 220 Å². The number of hydroxylamine groups is 1. The molecule has 0 saturated heterocycles. The Kier molecular flexibility index (Phi) is 13.0. The van der Waals surface area contributed by atoms with Gasteiger partial charge in [-0.15, -0.1) is 0 Å². The molecule has 2 rings (SSSR count). The molecule has 0 atom stereocenters. The summed E-state index contributed by atoms with van der Waals surface area (Å²) < 4.78 is 43.6. The highest BCUT2D eigenvalue weighted by molar-refractivity contribution is 5.76. The number of carbonyl (C=O) groups is 2. The van der Waals surface area contributed by atoms with Crippen molar-refractivity contribution >= 4 is 23.7 Å². The summed E-state index contributed by atoms with van der Waals surface area (Å²) >= 11 is 0. The van der Waals surface area contributed by atoms with Crippen molar-refractivity contribution in [2.24, 2.45) is 5.73 Å². The van der Waals surface area contributed by atoms with E-state index < -0.39 is 12.1 Å². The van der Waals surface area contributed by atoms with Gasteiger partial charge in [0.25, 0.3) is 5.56 Å². The maximum Gasteiger partial charge on any atom is 0.490 e. The summed E-state index contributed by atoms with van der Waals surface area (Å²) in [4.78, 5) is 42.8. The smallest absolute Gasteiger partial charge is 0.490 e. The average molecular weight is 562 g/mol. The van der Waals surface area contributed by atoms with E-state index in [1.165, 1.54) is 10.8 Å². The van der Waals surface area contributed by atoms with Crippen molar-refractivity contribution in [2.75, 3.05) is 39.2 Å². The van der Waals surface area contributed by atoms with E-state index in [4.69, 9.17) is 35.4 Å². The largest absolute Gasteiger partial charge is 0.493 e. The SMILES string of the molecule is COc1ccc(CCNc2ncc(C)n(CC(=O)NCCONC(=N)N)c2=O)cc1OC.O=C(O)C(F)(F)F. The molecule has 1 aromatic heterocycles. The van der Waals surface area contributed by atoms with Gasteiger partial charge in [0, 0.05) is 25.0 Å². The number of hydrogen-bond donors (Lipinski definition) is 6. The van der Waals surface area contributed by atoms with Crippen molar-refractivity contribution in [3.63, 3.8) is 0 Å². The maximum absolute atomic E-state index is 12.8. The summed E-state index contributed by atoms with van der Waals surface area (Å²) in [5, 5.41) is 19.7. The lowest BCUT2D eigenvalue weighted by atomic mass is 10.1. The quantitative estimate of drug-likeness (QED) is 0.0905. The predicted molar refractivity (Wildman–Crippen MR) is 133 cm³/mol. The number of guanidine groups is 1. The summed E-state index contributed by atoms with van der Waals surface area (Å²) in [5.74, 6) is -2.00.